The Kier molecular flexibility index (Phi) is 3.62. The van der Waals surface area contributed by atoms with Gasteiger partial charge in [0.05, 0.1) is 13.2 Å². The zero-order valence-electron chi connectivity index (χ0n) is 9.24. The normalized spacial score (nSPS) is 22.1. The molecule has 1 heterocycles. The maximum atomic E-state index is 5.83. The van der Waals surface area contributed by atoms with Gasteiger partial charge >= 0.3 is 0 Å². The summed E-state index contributed by atoms with van der Waals surface area (Å²) in [5.74, 6) is 0.917. The topological polar surface area (TPSA) is 18.5 Å². The molecule has 0 saturated carbocycles. The van der Waals surface area contributed by atoms with Gasteiger partial charge in [0, 0.05) is 6.61 Å². The molecule has 1 aliphatic heterocycles. The molecule has 0 bridgehead atoms. The van der Waals surface area contributed by atoms with Crippen LogP contribution in [0, 0.1) is 0 Å². The molecule has 1 fully saturated rings. The number of hydrogen-bond donors (Lipinski definition) is 0. The van der Waals surface area contributed by atoms with Crippen LogP contribution >= 0.6 is 0 Å². The van der Waals surface area contributed by atoms with E-state index in [1.165, 1.54) is 24.8 Å². The Morgan fingerprint density at radius 3 is 3.07 bits per heavy atom. The van der Waals surface area contributed by atoms with Crippen LogP contribution in [0.5, 0.6) is 5.75 Å². The molecule has 0 amide bonds. The molecule has 1 unspecified atom stereocenters. The number of ether oxygens (including phenoxy) is 2. The fraction of sp³-hybridized carbons (Fsp3) is 0.538. The maximum absolute atomic E-state index is 5.83. The Labute approximate surface area is 91.2 Å². The van der Waals surface area contributed by atoms with Crippen molar-refractivity contribution in [2.75, 3.05) is 13.7 Å². The monoisotopic (exact) mass is 206 g/mol. The highest BCUT2D eigenvalue weighted by molar-refractivity contribution is 5.29. The molecule has 2 nitrogen and oxygen atoms in total. The van der Waals surface area contributed by atoms with E-state index in [1.807, 2.05) is 12.1 Å². The zero-order chi connectivity index (χ0) is 10.5. The van der Waals surface area contributed by atoms with Crippen LogP contribution in [0.2, 0.25) is 0 Å². The van der Waals surface area contributed by atoms with E-state index in [0.29, 0.717) is 0 Å². The van der Waals surface area contributed by atoms with Crippen LogP contribution in [0.1, 0.15) is 37.4 Å². The van der Waals surface area contributed by atoms with E-state index in [0.717, 1.165) is 18.8 Å². The van der Waals surface area contributed by atoms with Gasteiger partial charge in [-0.05, 0) is 30.5 Å². The smallest absolute Gasteiger partial charge is 0.119 e. The molecule has 1 aliphatic rings. The van der Waals surface area contributed by atoms with Gasteiger partial charge in [-0.25, -0.2) is 0 Å². The predicted molar refractivity (Wildman–Crippen MR) is 60.2 cm³/mol. The fourth-order valence-corrected chi connectivity index (χ4v) is 2.02. The number of rotatable bonds is 2. The van der Waals surface area contributed by atoms with Gasteiger partial charge in [-0.3, -0.25) is 0 Å². The Balaban J connectivity index is 2.12. The third-order valence-corrected chi connectivity index (χ3v) is 2.90. The molecule has 0 aliphatic carbocycles. The molecule has 0 radical (unpaired) electrons. The summed E-state index contributed by atoms with van der Waals surface area (Å²) in [7, 11) is 1.70. The van der Waals surface area contributed by atoms with E-state index in [1.54, 1.807) is 7.11 Å². The molecule has 82 valence electrons. The Morgan fingerprint density at radius 2 is 2.20 bits per heavy atom. The van der Waals surface area contributed by atoms with Crippen molar-refractivity contribution in [3.8, 4) is 5.75 Å². The minimum absolute atomic E-state index is 0.266. The van der Waals surface area contributed by atoms with Gasteiger partial charge in [-0.2, -0.15) is 0 Å². The van der Waals surface area contributed by atoms with Gasteiger partial charge in [-0.1, -0.05) is 25.0 Å². The third kappa shape index (κ3) is 2.72. The fourth-order valence-electron chi connectivity index (χ4n) is 2.02. The van der Waals surface area contributed by atoms with Crippen LogP contribution < -0.4 is 4.74 Å². The van der Waals surface area contributed by atoms with E-state index >= 15 is 0 Å². The highest BCUT2D eigenvalue weighted by Crippen LogP contribution is 2.28. The van der Waals surface area contributed by atoms with Crippen LogP contribution in [0.3, 0.4) is 0 Å². The average molecular weight is 206 g/mol. The quantitative estimate of drug-likeness (QED) is 0.739. The molecule has 1 aromatic rings. The van der Waals surface area contributed by atoms with Gasteiger partial charge in [0.15, 0.2) is 0 Å². The summed E-state index contributed by atoms with van der Waals surface area (Å²) in [5.41, 5.74) is 1.25. The minimum atomic E-state index is 0.266. The molecule has 0 spiro atoms. The summed E-state index contributed by atoms with van der Waals surface area (Å²) in [6, 6.07) is 8.21. The van der Waals surface area contributed by atoms with Gasteiger partial charge in [0.25, 0.3) is 0 Å². The first-order chi connectivity index (χ1) is 7.40. The lowest BCUT2D eigenvalue weighted by Crippen LogP contribution is -2.02. The average Bonchev–Trinajstić information content (AvgIpc) is 2.58. The van der Waals surface area contributed by atoms with E-state index in [9.17, 15) is 0 Å². The molecular weight excluding hydrogens is 188 g/mol. The molecule has 0 aromatic heterocycles. The first-order valence-corrected chi connectivity index (χ1v) is 5.66. The Bertz CT molecular complexity index is 301. The third-order valence-electron chi connectivity index (χ3n) is 2.90. The van der Waals surface area contributed by atoms with Gasteiger partial charge in [-0.15, -0.1) is 0 Å². The van der Waals surface area contributed by atoms with E-state index < -0.39 is 0 Å². The van der Waals surface area contributed by atoms with E-state index in [2.05, 4.69) is 12.1 Å². The first-order valence-electron chi connectivity index (χ1n) is 5.66. The molecule has 2 heteroatoms. The second-order valence-electron chi connectivity index (χ2n) is 3.99. The minimum Gasteiger partial charge on any atom is -0.497 e. The number of methoxy groups -OCH3 is 1. The summed E-state index contributed by atoms with van der Waals surface area (Å²) < 4.78 is 11.1. The van der Waals surface area contributed by atoms with Crippen molar-refractivity contribution in [3.63, 3.8) is 0 Å². The van der Waals surface area contributed by atoms with Crippen LogP contribution in [0.25, 0.3) is 0 Å². The summed E-state index contributed by atoms with van der Waals surface area (Å²) in [5, 5.41) is 0. The first kappa shape index (κ1) is 10.5. The molecule has 2 rings (SSSR count). The molecule has 15 heavy (non-hydrogen) atoms. The lowest BCUT2D eigenvalue weighted by molar-refractivity contribution is 0.0582. The van der Waals surface area contributed by atoms with E-state index in [4.69, 9.17) is 9.47 Å². The molecule has 1 saturated heterocycles. The molecule has 1 aromatic carbocycles. The lowest BCUT2D eigenvalue weighted by Gasteiger charge is -2.15. The molecular formula is C13H18O2. The summed E-state index contributed by atoms with van der Waals surface area (Å²) in [6.07, 6.45) is 5.15. The van der Waals surface area contributed by atoms with Crippen molar-refractivity contribution >= 4 is 0 Å². The van der Waals surface area contributed by atoms with Crippen molar-refractivity contribution in [2.45, 2.75) is 31.8 Å². The molecule has 0 N–H and O–H groups in total. The van der Waals surface area contributed by atoms with Crippen LogP contribution in [-0.4, -0.2) is 13.7 Å². The largest absolute Gasteiger partial charge is 0.497 e. The Morgan fingerprint density at radius 1 is 1.27 bits per heavy atom. The second-order valence-corrected chi connectivity index (χ2v) is 3.99. The highest BCUT2D eigenvalue weighted by atomic mass is 16.5. The SMILES string of the molecule is COc1cccc(C2CCCCCO2)c1. The van der Waals surface area contributed by atoms with Gasteiger partial charge < -0.3 is 9.47 Å². The van der Waals surface area contributed by atoms with Gasteiger partial charge in [0.2, 0.25) is 0 Å². The van der Waals surface area contributed by atoms with Crippen LogP contribution in [0.4, 0.5) is 0 Å². The van der Waals surface area contributed by atoms with Crippen LogP contribution in [-0.2, 0) is 4.74 Å². The van der Waals surface area contributed by atoms with Crippen molar-refractivity contribution < 1.29 is 9.47 Å². The van der Waals surface area contributed by atoms with Gasteiger partial charge in [0.1, 0.15) is 5.75 Å². The lowest BCUT2D eigenvalue weighted by atomic mass is 10.0. The standard InChI is InChI=1S/C13H18O2/c1-14-12-7-5-6-11(10-12)13-8-3-2-4-9-15-13/h5-7,10,13H,2-4,8-9H2,1H3. The predicted octanol–water partition coefficient (Wildman–Crippen LogP) is 3.33. The second kappa shape index (κ2) is 5.17. The molecule has 1 atom stereocenters. The van der Waals surface area contributed by atoms with Crippen molar-refractivity contribution in [3.05, 3.63) is 29.8 Å². The van der Waals surface area contributed by atoms with Crippen LogP contribution in [0.15, 0.2) is 24.3 Å². The van der Waals surface area contributed by atoms with Crippen molar-refractivity contribution in [1.29, 1.82) is 0 Å². The van der Waals surface area contributed by atoms with E-state index in [-0.39, 0.29) is 6.10 Å². The summed E-state index contributed by atoms with van der Waals surface area (Å²) >= 11 is 0. The summed E-state index contributed by atoms with van der Waals surface area (Å²) in [4.78, 5) is 0. The maximum Gasteiger partial charge on any atom is 0.119 e. The number of benzene rings is 1. The van der Waals surface area contributed by atoms with Crippen molar-refractivity contribution in [1.82, 2.24) is 0 Å². The highest BCUT2D eigenvalue weighted by Gasteiger charge is 2.14. The zero-order valence-corrected chi connectivity index (χ0v) is 9.24. The van der Waals surface area contributed by atoms with Crippen molar-refractivity contribution in [2.24, 2.45) is 0 Å². The number of hydrogen-bond acceptors (Lipinski definition) is 2. The summed E-state index contributed by atoms with van der Waals surface area (Å²) in [6.45, 7) is 0.891. The Hall–Kier alpha value is -1.02.